The maximum atomic E-state index is 3.40. The second-order valence-electron chi connectivity index (χ2n) is 4.29. The largest absolute Gasteiger partial charge is 0.317 e. The van der Waals surface area contributed by atoms with Gasteiger partial charge in [-0.05, 0) is 52.1 Å². The van der Waals surface area contributed by atoms with Gasteiger partial charge in [-0.15, -0.1) is 0 Å². The zero-order chi connectivity index (χ0) is 13.3. The van der Waals surface area contributed by atoms with Crippen LogP contribution in [0, 0.1) is 0 Å². The van der Waals surface area contributed by atoms with Gasteiger partial charge in [-0.2, -0.15) is 0 Å². The second-order valence-corrected chi connectivity index (χ2v) is 4.29. The minimum absolute atomic E-state index is 0. The molecule has 0 rings (SSSR count). The van der Waals surface area contributed by atoms with E-state index in [0.29, 0.717) is 0 Å². The highest BCUT2D eigenvalue weighted by Gasteiger charge is 1.86. The lowest BCUT2D eigenvalue weighted by Gasteiger charge is -2.03. The molecular weight excluding hydrogens is 236 g/mol. The van der Waals surface area contributed by atoms with Crippen LogP contribution in [0.2, 0.25) is 0 Å². The van der Waals surface area contributed by atoms with Crippen molar-refractivity contribution in [3.8, 4) is 0 Å². The standard InChI is InChI=1S/C14H32N4.CH4/c1-3-15-11-7-13-17-9-5-6-10-18-14-8-12-16-4-2;/h5-6,15-18H,3-4,7-14H2,1-2H3;1H4/b6-5+;. The summed E-state index contributed by atoms with van der Waals surface area (Å²) in [4.78, 5) is 0. The van der Waals surface area contributed by atoms with Gasteiger partial charge in [-0.25, -0.2) is 0 Å². The van der Waals surface area contributed by atoms with Crippen molar-refractivity contribution in [2.45, 2.75) is 34.1 Å². The third kappa shape index (κ3) is 20.1. The molecule has 0 aliphatic rings. The summed E-state index contributed by atoms with van der Waals surface area (Å²) < 4.78 is 0. The van der Waals surface area contributed by atoms with E-state index in [1.807, 2.05) is 0 Å². The van der Waals surface area contributed by atoms with Crippen LogP contribution in [-0.4, -0.2) is 52.4 Å². The van der Waals surface area contributed by atoms with Crippen LogP contribution < -0.4 is 21.3 Å². The van der Waals surface area contributed by atoms with Gasteiger partial charge in [0, 0.05) is 13.1 Å². The highest BCUT2D eigenvalue weighted by molar-refractivity contribution is 4.85. The Morgan fingerprint density at radius 2 is 1.00 bits per heavy atom. The monoisotopic (exact) mass is 272 g/mol. The van der Waals surface area contributed by atoms with Gasteiger partial charge in [0.15, 0.2) is 0 Å². The summed E-state index contributed by atoms with van der Waals surface area (Å²) in [7, 11) is 0. The van der Waals surface area contributed by atoms with E-state index in [2.05, 4.69) is 47.3 Å². The number of hydrogen-bond donors (Lipinski definition) is 4. The van der Waals surface area contributed by atoms with Gasteiger partial charge in [0.2, 0.25) is 0 Å². The van der Waals surface area contributed by atoms with E-state index in [1.54, 1.807) is 0 Å². The fourth-order valence-electron chi connectivity index (χ4n) is 1.57. The molecule has 0 atom stereocenters. The molecule has 0 radical (unpaired) electrons. The van der Waals surface area contributed by atoms with Gasteiger partial charge < -0.3 is 21.3 Å². The third-order valence-corrected chi connectivity index (χ3v) is 2.61. The minimum Gasteiger partial charge on any atom is -0.317 e. The smallest absolute Gasteiger partial charge is 0.0135 e. The van der Waals surface area contributed by atoms with Gasteiger partial charge in [0.25, 0.3) is 0 Å². The first-order valence-electron chi connectivity index (χ1n) is 7.39. The van der Waals surface area contributed by atoms with Crippen LogP contribution in [0.5, 0.6) is 0 Å². The second kappa shape index (κ2) is 19.9. The molecule has 116 valence electrons. The average Bonchev–Trinajstić information content (AvgIpc) is 2.39. The lowest BCUT2D eigenvalue weighted by molar-refractivity contribution is 0.624. The number of hydrogen-bond acceptors (Lipinski definition) is 4. The van der Waals surface area contributed by atoms with E-state index in [1.165, 1.54) is 12.8 Å². The first kappa shape index (κ1) is 20.9. The molecule has 4 N–H and O–H groups in total. The molecule has 0 aromatic heterocycles. The summed E-state index contributed by atoms with van der Waals surface area (Å²) in [5.74, 6) is 0. The van der Waals surface area contributed by atoms with E-state index in [4.69, 9.17) is 0 Å². The molecule has 0 fully saturated rings. The maximum Gasteiger partial charge on any atom is 0.0135 e. The van der Waals surface area contributed by atoms with Crippen LogP contribution >= 0.6 is 0 Å². The Balaban J connectivity index is 0. The Morgan fingerprint density at radius 1 is 0.632 bits per heavy atom. The Kier molecular flexibility index (Phi) is 21.9. The van der Waals surface area contributed by atoms with Crippen LogP contribution in [0.4, 0.5) is 0 Å². The SMILES string of the molecule is C.CCNCCCNC/C=C/CNCCCNCC. The molecule has 19 heavy (non-hydrogen) atoms. The first-order chi connectivity index (χ1) is 8.91. The predicted octanol–water partition coefficient (Wildman–Crippen LogP) is 1.36. The molecule has 0 aliphatic carbocycles. The lowest BCUT2D eigenvalue weighted by Crippen LogP contribution is -2.22. The highest BCUT2D eigenvalue weighted by atomic mass is 14.9. The Morgan fingerprint density at radius 3 is 1.37 bits per heavy atom. The fourth-order valence-corrected chi connectivity index (χ4v) is 1.57. The molecule has 4 nitrogen and oxygen atoms in total. The van der Waals surface area contributed by atoms with Crippen LogP contribution in [0.25, 0.3) is 0 Å². The van der Waals surface area contributed by atoms with Crippen LogP contribution in [-0.2, 0) is 0 Å². The van der Waals surface area contributed by atoms with Crippen molar-refractivity contribution in [1.82, 2.24) is 21.3 Å². The van der Waals surface area contributed by atoms with E-state index >= 15 is 0 Å². The molecule has 0 amide bonds. The predicted molar refractivity (Wildman–Crippen MR) is 87.9 cm³/mol. The van der Waals surface area contributed by atoms with E-state index in [9.17, 15) is 0 Å². The molecule has 0 spiro atoms. The maximum absolute atomic E-state index is 3.40. The zero-order valence-corrected chi connectivity index (χ0v) is 12.2. The molecule has 0 saturated carbocycles. The summed E-state index contributed by atoms with van der Waals surface area (Å²) >= 11 is 0. The quantitative estimate of drug-likeness (QED) is 0.285. The van der Waals surface area contributed by atoms with Crippen LogP contribution in [0.15, 0.2) is 12.2 Å². The van der Waals surface area contributed by atoms with Crippen molar-refractivity contribution in [2.24, 2.45) is 0 Å². The van der Waals surface area contributed by atoms with Crippen molar-refractivity contribution in [3.63, 3.8) is 0 Å². The van der Waals surface area contributed by atoms with E-state index in [-0.39, 0.29) is 7.43 Å². The lowest BCUT2D eigenvalue weighted by atomic mass is 10.4. The van der Waals surface area contributed by atoms with Crippen molar-refractivity contribution < 1.29 is 0 Å². The normalized spacial score (nSPS) is 10.8. The minimum atomic E-state index is 0. The highest BCUT2D eigenvalue weighted by Crippen LogP contribution is 1.76. The summed E-state index contributed by atoms with van der Waals surface area (Å²) in [6.45, 7) is 12.8. The molecule has 0 aromatic rings. The van der Waals surface area contributed by atoms with Crippen LogP contribution in [0.3, 0.4) is 0 Å². The molecular formula is C15H36N4. The third-order valence-electron chi connectivity index (χ3n) is 2.61. The summed E-state index contributed by atoms with van der Waals surface area (Å²) in [6, 6.07) is 0. The van der Waals surface area contributed by atoms with Crippen molar-refractivity contribution in [2.75, 3.05) is 52.4 Å². The molecule has 0 bridgehead atoms. The van der Waals surface area contributed by atoms with E-state index < -0.39 is 0 Å². The molecule has 0 aromatic carbocycles. The topological polar surface area (TPSA) is 48.1 Å². The molecule has 0 aliphatic heterocycles. The summed E-state index contributed by atoms with van der Waals surface area (Å²) in [5.41, 5.74) is 0. The van der Waals surface area contributed by atoms with Crippen LogP contribution in [0.1, 0.15) is 34.1 Å². The molecule has 0 heterocycles. The fraction of sp³-hybridized carbons (Fsp3) is 0.867. The average molecular weight is 272 g/mol. The van der Waals surface area contributed by atoms with Crippen molar-refractivity contribution >= 4 is 0 Å². The Labute approximate surface area is 120 Å². The first-order valence-corrected chi connectivity index (χ1v) is 7.39. The molecule has 0 saturated heterocycles. The Hall–Kier alpha value is -0.420. The summed E-state index contributed by atoms with van der Waals surface area (Å²) in [6.07, 6.45) is 6.80. The summed E-state index contributed by atoms with van der Waals surface area (Å²) in [5, 5.41) is 13.4. The molecule has 0 unspecified atom stereocenters. The van der Waals surface area contributed by atoms with Gasteiger partial charge >= 0.3 is 0 Å². The van der Waals surface area contributed by atoms with Gasteiger partial charge in [-0.3, -0.25) is 0 Å². The molecule has 4 heteroatoms. The Bertz CT molecular complexity index is 154. The van der Waals surface area contributed by atoms with E-state index in [0.717, 1.165) is 52.4 Å². The number of nitrogens with one attached hydrogen (secondary N) is 4. The van der Waals surface area contributed by atoms with Crippen molar-refractivity contribution in [3.05, 3.63) is 12.2 Å². The van der Waals surface area contributed by atoms with Crippen molar-refractivity contribution in [1.29, 1.82) is 0 Å². The van der Waals surface area contributed by atoms with Gasteiger partial charge in [-0.1, -0.05) is 33.4 Å². The van der Waals surface area contributed by atoms with Gasteiger partial charge in [0.1, 0.15) is 0 Å². The number of rotatable bonds is 14. The zero-order valence-electron chi connectivity index (χ0n) is 12.2. The van der Waals surface area contributed by atoms with Gasteiger partial charge in [0.05, 0.1) is 0 Å².